The molecule has 0 aromatic heterocycles. The van der Waals surface area contributed by atoms with Crippen LogP contribution in [0.25, 0.3) is 0 Å². The van der Waals surface area contributed by atoms with E-state index < -0.39 is 0 Å². The summed E-state index contributed by atoms with van der Waals surface area (Å²) < 4.78 is 0. The Morgan fingerprint density at radius 3 is 2.64 bits per heavy atom. The molecule has 0 atom stereocenters. The molecule has 0 aliphatic carbocycles. The van der Waals surface area contributed by atoms with Crippen LogP contribution in [0.1, 0.15) is 6.42 Å². The van der Waals surface area contributed by atoms with Crippen LogP contribution in [0.15, 0.2) is 41.4 Å². The van der Waals surface area contributed by atoms with E-state index in [1.807, 2.05) is 30.3 Å². The van der Waals surface area contributed by atoms with Gasteiger partial charge in [-0.05, 0) is 18.6 Å². The first-order valence-electron chi connectivity index (χ1n) is 4.51. The third-order valence-corrected chi connectivity index (χ3v) is 2.51. The van der Waals surface area contributed by atoms with Crippen LogP contribution in [-0.2, 0) is 4.79 Å². The van der Waals surface area contributed by atoms with Crippen LogP contribution < -0.4 is 4.90 Å². The predicted molar refractivity (Wildman–Crippen MR) is 57.3 cm³/mol. The number of rotatable bonds is 1. The molecule has 1 aliphatic rings. The van der Waals surface area contributed by atoms with Crippen molar-refractivity contribution in [3.05, 3.63) is 41.4 Å². The molecule has 0 saturated heterocycles. The van der Waals surface area contributed by atoms with Gasteiger partial charge in [0.1, 0.15) is 5.03 Å². The molecule has 2 rings (SSSR count). The van der Waals surface area contributed by atoms with Crippen LogP contribution in [0.2, 0.25) is 0 Å². The normalized spacial score (nSPS) is 16.8. The monoisotopic (exact) mass is 207 g/mol. The van der Waals surface area contributed by atoms with Gasteiger partial charge in [-0.1, -0.05) is 35.9 Å². The van der Waals surface area contributed by atoms with E-state index in [1.165, 1.54) is 0 Å². The molecule has 72 valence electrons. The second kappa shape index (κ2) is 3.84. The maximum absolute atomic E-state index is 11.7. The Hall–Kier alpha value is -1.28. The van der Waals surface area contributed by atoms with Gasteiger partial charge in [0.2, 0.25) is 0 Å². The smallest absolute Gasteiger partial charge is 0.269 e. The van der Waals surface area contributed by atoms with Crippen LogP contribution >= 0.6 is 11.6 Å². The molecule has 3 heteroatoms. The highest BCUT2D eigenvalue weighted by Crippen LogP contribution is 2.21. The first-order chi connectivity index (χ1) is 6.79. The molecule has 0 N–H and O–H groups in total. The Balaban J connectivity index is 2.29. The number of carbonyl (C=O) groups excluding carboxylic acids is 1. The minimum absolute atomic E-state index is 0.107. The quantitative estimate of drug-likeness (QED) is 0.693. The van der Waals surface area contributed by atoms with Gasteiger partial charge in [-0.3, -0.25) is 4.79 Å². The van der Waals surface area contributed by atoms with Gasteiger partial charge < -0.3 is 4.90 Å². The standard InChI is InChI=1S/C11H10ClNO/c12-10-7-4-8-13(11(10)14)9-5-2-1-3-6-9/h1-3,5-7H,4,8H2. The predicted octanol–water partition coefficient (Wildman–Crippen LogP) is 2.55. The van der Waals surface area contributed by atoms with Gasteiger partial charge in [0.05, 0.1) is 0 Å². The zero-order valence-electron chi connectivity index (χ0n) is 7.61. The van der Waals surface area contributed by atoms with Crippen molar-refractivity contribution in [2.45, 2.75) is 6.42 Å². The van der Waals surface area contributed by atoms with Crippen molar-refractivity contribution in [2.24, 2.45) is 0 Å². The highest BCUT2D eigenvalue weighted by Gasteiger charge is 2.21. The third kappa shape index (κ3) is 1.66. The van der Waals surface area contributed by atoms with Gasteiger partial charge in [-0.25, -0.2) is 0 Å². The summed E-state index contributed by atoms with van der Waals surface area (Å²) in [6.45, 7) is 0.707. The van der Waals surface area contributed by atoms with E-state index in [-0.39, 0.29) is 5.91 Å². The molecule has 14 heavy (non-hydrogen) atoms. The van der Waals surface area contributed by atoms with Crippen LogP contribution in [0, 0.1) is 0 Å². The van der Waals surface area contributed by atoms with Gasteiger partial charge in [-0.15, -0.1) is 0 Å². The van der Waals surface area contributed by atoms with E-state index in [1.54, 1.807) is 11.0 Å². The number of carbonyl (C=O) groups is 1. The highest BCUT2D eigenvalue weighted by molar-refractivity contribution is 6.44. The summed E-state index contributed by atoms with van der Waals surface area (Å²) in [4.78, 5) is 13.3. The van der Waals surface area contributed by atoms with Crippen LogP contribution in [0.4, 0.5) is 5.69 Å². The Kier molecular flexibility index (Phi) is 2.55. The molecule has 1 aromatic carbocycles. The number of halogens is 1. The summed E-state index contributed by atoms with van der Waals surface area (Å²) in [5.74, 6) is -0.107. The average molecular weight is 208 g/mol. The van der Waals surface area contributed by atoms with Crippen LogP contribution in [-0.4, -0.2) is 12.5 Å². The van der Waals surface area contributed by atoms with E-state index in [0.29, 0.717) is 11.6 Å². The fraction of sp³-hybridized carbons (Fsp3) is 0.182. The molecule has 0 radical (unpaired) electrons. The lowest BCUT2D eigenvalue weighted by Gasteiger charge is -2.24. The number of anilines is 1. The minimum atomic E-state index is -0.107. The fourth-order valence-electron chi connectivity index (χ4n) is 1.49. The molecule has 0 fully saturated rings. The Labute approximate surface area is 87.8 Å². The second-order valence-corrected chi connectivity index (χ2v) is 3.54. The molecule has 0 saturated carbocycles. The summed E-state index contributed by atoms with van der Waals surface area (Å²) >= 11 is 5.78. The minimum Gasteiger partial charge on any atom is -0.307 e. The maximum Gasteiger partial charge on any atom is 0.269 e. The van der Waals surface area contributed by atoms with Crippen molar-refractivity contribution in [3.8, 4) is 0 Å². The Morgan fingerprint density at radius 1 is 1.21 bits per heavy atom. The third-order valence-electron chi connectivity index (χ3n) is 2.19. The number of hydrogen-bond donors (Lipinski definition) is 0. The molecule has 1 amide bonds. The Bertz CT molecular complexity index is 372. The molecule has 0 unspecified atom stereocenters. The van der Waals surface area contributed by atoms with E-state index >= 15 is 0 Å². The summed E-state index contributed by atoms with van der Waals surface area (Å²) in [6, 6.07) is 9.57. The zero-order valence-corrected chi connectivity index (χ0v) is 8.37. The first-order valence-corrected chi connectivity index (χ1v) is 4.89. The molecular weight excluding hydrogens is 198 g/mol. The fourth-order valence-corrected chi connectivity index (χ4v) is 1.70. The average Bonchev–Trinajstić information content (AvgIpc) is 2.23. The van der Waals surface area contributed by atoms with E-state index in [4.69, 9.17) is 11.6 Å². The number of nitrogens with zero attached hydrogens (tertiary/aromatic N) is 1. The van der Waals surface area contributed by atoms with Gasteiger partial charge in [0.15, 0.2) is 0 Å². The van der Waals surface area contributed by atoms with Crippen molar-refractivity contribution in [3.63, 3.8) is 0 Å². The summed E-state index contributed by atoms with van der Waals surface area (Å²) in [7, 11) is 0. The summed E-state index contributed by atoms with van der Waals surface area (Å²) in [5.41, 5.74) is 0.906. The van der Waals surface area contributed by atoms with Crippen molar-refractivity contribution < 1.29 is 4.79 Å². The SMILES string of the molecule is O=C1C(Cl)=CCCN1c1ccccc1. The number of hydrogen-bond acceptors (Lipinski definition) is 1. The molecule has 0 bridgehead atoms. The lowest BCUT2D eigenvalue weighted by molar-refractivity contribution is -0.114. The summed E-state index contributed by atoms with van der Waals surface area (Å²) in [6.07, 6.45) is 2.59. The highest BCUT2D eigenvalue weighted by atomic mass is 35.5. The maximum atomic E-state index is 11.7. The zero-order chi connectivity index (χ0) is 9.97. The topological polar surface area (TPSA) is 20.3 Å². The largest absolute Gasteiger partial charge is 0.307 e. The lowest BCUT2D eigenvalue weighted by Crippen LogP contribution is -2.34. The summed E-state index contributed by atoms with van der Waals surface area (Å²) in [5, 5.41) is 0.320. The van der Waals surface area contributed by atoms with Crippen molar-refractivity contribution >= 4 is 23.2 Å². The molecule has 0 spiro atoms. The molecular formula is C11H10ClNO. The van der Waals surface area contributed by atoms with E-state index in [2.05, 4.69) is 0 Å². The van der Waals surface area contributed by atoms with Crippen LogP contribution in [0.5, 0.6) is 0 Å². The van der Waals surface area contributed by atoms with E-state index in [0.717, 1.165) is 12.1 Å². The Morgan fingerprint density at radius 2 is 1.93 bits per heavy atom. The number of para-hydroxylation sites is 1. The molecule has 1 aliphatic heterocycles. The van der Waals surface area contributed by atoms with E-state index in [9.17, 15) is 4.79 Å². The first kappa shape index (κ1) is 9.28. The van der Waals surface area contributed by atoms with Crippen LogP contribution in [0.3, 0.4) is 0 Å². The molecule has 2 nitrogen and oxygen atoms in total. The van der Waals surface area contributed by atoms with Gasteiger partial charge >= 0.3 is 0 Å². The van der Waals surface area contributed by atoms with Gasteiger partial charge in [0, 0.05) is 12.2 Å². The molecule has 1 aromatic rings. The lowest BCUT2D eigenvalue weighted by atomic mass is 10.2. The van der Waals surface area contributed by atoms with Gasteiger partial charge in [0.25, 0.3) is 5.91 Å². The number of amides is 1. The molecule has 1 heterocycles. The number of benzene rings is 1. The van der Waals surface area contributed by atoms with Gasteiger partial charge in [-0.2, -0.15) is 0 Å². The van der Waals surface area contributed by atoms with Crippen molar-refractivity contribution in [1.29, 1.82) is 0 Å². The van der Waals surface area contributed by atoms with Crippen molar-refractivity contribution in [1.82, 2.24) is 0 Å². The van der Waals surface area contributed by atoms with Crippen molar-refractivity contribution in [2.75, 3.05) is 11.4 Å². The second-order valence-electron chi connectivity index (χ2n) is 3.13.